The number of hydrogen-bond donors (Lipinski definition) is 1. The SMILES string of the molecule is CC1(C)OC(=O)C=C[C@]2(C)C3C(=O)C[C@@]4(C)[C@H](c5ccoc5)OC(=O)[C@H]5O[C@]54[C@]3(C)[C@H](O)C[C@@H]12. The Balaban J connectivity index is 1.56. The minimum Gasteiger partial charge on any atom is -0.472 e. The number of hydrogen-bond acceptors (Lipinski definition) is 8. The number of Topliss-reactive ketones (excluding diaryl/α,β-unsaturated/α-hetero) is 1. The number of cyclic esters (lactones) is 2. The van der Waals surface area contributed by atoms with Crippen LogP contribution in [-0.4, -0.2) is 46.2 Å². The van der Waals surface area contributed by atoms with Crippen LogP contribution in [0, 0.1) is 28.1 Å². The van der Waals surface area contributed by atoms with Gasteiger partial charge in [0.15, 0.2) is 6.10 Å². The molecule has 4 fully saturated rings. The molecule has 8 heteroatoms. The van der Waals surface area contributed by atoms with E-state index in [1.807, 2.05) is 34.6 Å². The van der Waals surface area contributed by atoms with Gasteiger partial charge in [-0.3, -0.25) is 4.79 Å². The van der Waals surface area contributed by atoms with Crippen molar-refractivity contribution in [3.63, 3.8) is 0 Å². The highest BCUT2D eigenvalue weighted by atomic mass is 16.7. The second-order valence-corrected chi connectivity index (χ2v) is 11.9. The Morgan fingerprint density at radius 3 is 2.47 bits per heavy atom. The number of aliphatic hydroxyl groups excluding tert-OH is 1. The average molecular weight is 471 g/mol. The molecule has 1 unspecified atom stereocenters. The smallest absolute Gasteiger partial charge is 0.339 e. The van der Waals surface area contributed by atoms with Crippen LogP contribution in [0.2, 0.25) is 0 Å². The molecule has 5 aliphatic rings. The molecule has 9 atom stereocenters. The van der Waals surface area contributed by atoms with E-state index in [9.17, 15) is 19.5 Å². The molecule has 2 saturated carbocycles. The number of furan rings is 1. The summed E-state index contributed by atoms with van der Waals surface area (Å²) in [6.07, 6.45) is 4.02. The molecule has 3 aliphatic heterocycles. The normalized spacial score (nSPS) is 50.6. The van der Waals surface area contributed by atoms with Gasteiger partial charge < -0.3 is 23.7 Å². The van der Waals surface area contributed by atoms with Crippen molar-refractivity contribution in [2.45, 2.75) is 77.0 Å². The lowest BCUT2D eigenvalue weighted by Gasteiger charge is -2.66. The molecule has 1 aromatic heterocycles. The standard InChI is InChI=1S/C26H30O8/c1-22(2)15-10-16(28)25(5)18(23(15,3)8-6-17(29)33-22)14(27)11-24(4)19(13-7-9-31-12-13)32-21(30)20-26(24,25)34-20/h6-9,12,15-16,18-20,28H,10-11H2,1-5H3/t15-,16+,18?,19-,20+,23-,24-,25+,26+/m0/s1. The van der Waals surface area contributed by atoms with E-state index < -0.39 is 63.6 Å². The van der Waals surface area contributed by atoms with Crippen LogP contribution >= 0.6 is 0 Å². The third kappa shape index (κ3) is 2.25. The maximum Gasteiger partial charge on any atom is 0.339 e. The van der Waals surface area contributed by atoms with Crippen LogP contribution in [0.4, 0.5) is 0 Å². The molecule has 0 aromatic carbocycles. The topological polar surface area (TPSA) is 116 Å². The largest absolute Gasteiger partial charge is 0.472 e. The molecular formula is C26H30O8. The van der Waals surface area contributed by atoms with E-state index in [0.29, 0.717) is 12.0 Å². The quantitative estimate of drug-likeness (QED) is 0.492. The van der Waals surface area contributed by atoms with Crippen LogP contribution in [0.3, 0.4) is 0 Å². The number of carbonyl (C=O) groups excluding carboxylic acids is 3. The molecule has 2 saturated heterocycles. The molecule has 1 N–H and O–H groups in total. The minimum absolute atomic E-state index is 0.0441. The number of epoxide rings is 1. The van der Waals surface area contributed by atoms with E-state index in [-0.39, 0.29) is 18.1 Å². The lowest BCUT2D eigenvalue weighted by molar-refractivity contribution is -0.242. The summed E-state index contributed by atoms with van der Waals surface area (Å²) in [5, 5.41) is 11.8. The molecular weight excluding hydrogens is 440 g/mol. The summed E-state index contributed by atoms with van der Waals surface area (Å²) < 4.78 is 23.1. The highest BCUT2D eigenvalue weighted by Crippen LogP contribution is 2.78. The fraction of sp³-hybridized carbons (Fsp3) is 0.654. The van der Waals surface area contributed by atoms with Crippen molar-refractivity contribution >= 4 is 17.7 Å². The van der Waals surface area contributed by atoms with E-state index in [1.165, 1.54) is 18.6 Å². The summed E-state index contributed by atoms with van der Waals surface area (Å²) in [5.41, 5.74) is -4.13. The second kappa shape index (κ2) is 6.21. The second-order valence-electron chi connectivity index (χ2n) is 11.9. The lowest BCUT2D eigenvalue weighted by atomic mass is 9.37. The molecule has 8 nitrogen and oxygen atoms in total. The third-order valence-corrected chi connectivity index (χ3v) is 9.91. The Hall–Kier alpha value is -2.45. The third-order valence-electron chi connectivity index (χ3n) is 9.91. The number of fused-ring (bicyclic) bond motifs is 3. The van der Waals surface area contributed by atoms with Crippen molar-refractivity contribution < 1.29 is 38.1 Å². The summed E-state index contributed by atoms with van der Waals surface area (Å²) >= 11 is 0. The zero-order valence-electron chi connectivity index (χ0n) is 20.0. The van der Waals surface area contributed by atoms with Crippen LogP contribution in [0.15, 0.2) is 35.2 Å². The van der Waals surface area contributed by atoms with E-state index in [2.05, 4.69) is 0 Å². The first-order valence-electron chi connectivity index (χ1n) is 11.9. The summed E-state index contributed by atoms with van der Waals surface area (Å²) in [6.45, 7) is 9.41. The van der Waals surface area contributed by atoms with E-state index in [1.54, 1.807) is 12.1 Å². The van der Waals surface area contributed by atoms with Gasteiger partial charge in [0.05, 0.1) is 18.6 Å². The number of allylic oxidation sites excluding steroid dienone is 1. The maximum atomic E-state index is 14.2. The Labute approximate surface area is 197 Å². The Bertz CT molecular complexity index is 1140. The molecule has 4 heterocycles. The first-order valence-corrected chi connectivity index (χ1v) is 11.9. The summed E-state index contributed by atoms with van der Waals surface area (Å²) in [7, 11) is 0. The highest BCUT2D eigenvalue weighted by Gasteiger charge is 2.89. The van der Waals surface area contributed by atoms with Crippen LogP contribution in [0.1, 0.15) is 59.1 Å². The molecule has 34 heavy (non-hydrogen) atoms. The monoisotopic (exact) mass is 470 g/mol. The van der Waals surface area contributed by atoms with Crippen LogP contribution in [-0.2, 0) is 28.6 Å². The average Bonchev–Trinajstić information content (AvgIpc) is 3.34. The molecule has 1 aromatic rings. The zero-order valence-corrected chi connectivity index (χ0v) is 20.0. The molecule has 6 rings (SSSR count). The molecule has 0 bridgehead atoms. The Morgan fingerprint density at radius 1 is 1.06 bits per heavy atom. The van der Waals surface area contributed by atoms with Gasteiger partial charge in [0.1, 0.15) is 23.1 Å². The number of carbonyl (C=O) groups is 3. The summed E-state index contributed by atoms with van der Waals surface area (Å²) in [6, 6.07) is 1.73. The molecule has 182 valence electrons. The molecule has 0 amide bonds. The number of rotatable bonds is 1. The highest BCUT2D eigenvalue weighted by molar-refractivity contribution is 5.91. The van der Waals surface area contributed by atoms with Gasteiger partial charge in [-0.05, 0) is 26.3 Å². The zero-order chi connectivity index (χ0) is 24.5. The van der Waals surface area contributed by atoms with Crippen molar-refractivity contribution in [1.29, 1.82) is 0 Å². The van der Waals surface area contributed by atoms with Crippen molar-refractivity contribution in [1.82, 2.24) is 0 Å². The molecule has 1 spiro atoms. The first-order chi connectivity index (χ1) is 15.8. The van der Waals surface area contributed by atoms with E-state index >= 15 is 0 Å². The minimum atomic E-state index is -1.10. The van der Waals surface area contributed by atoms with Gasteiger partial charge in [-0.25, -0.2) is 9.59 Å². The van der Waals surface area contributed by atoms with Gasteiger partial charge in [-0.15, -0.1) is 0 Å². The van der Waals surface area contributed by atoms with Gasteiger partial charge in [0.2, 0.25) is 0 Å². The number of ketones is 1. The predicted molar refractivity (Wildman–Crippen MR) is 116 cm³/mol. The van der Waals surface area contributed by atoms with Crippen LogP contribution in [0.25, 0.3) is 0 Å². The first kappa shape index (κ1) is 22.0. The summed E-state index contributed by atoms with van der Waals surface area (Å²) in [5.74, 6) is -2.00. The number of ether oxygens (including phenoxy) is 3. The lowest BCUT2D eigenvalue weighted by Crippen LogP contribution is -2.74. The molecule has 0 radical (unpaired) electrons. The number of esters is 2. The number of aliphatic hydroxyl groups is 1. The summed E-state index contributed by atoms with van der Waals surface area (Å²) in [4.78, 5) is 39.7. The predicted octanol–water partition coefficient (Wildman–Crippen LogP) is 2.90. The van der Waals surface area contributed by atoms with Gasteiger partial charge in [-0.1, -0.05) is 26.8 Å². The van der Waals surface area contributed by atoms with Gasteiger partial charge in [-0.2, -0.15) is 0 Å². The van der Waals surface area contributed by atoms with Crippen LogP contribution in [0.5, 0.6) is 0 Å². The maximum absolute atomic E-state index is 14.2. The van der Waals surface area contributed by atoms with Crippen LogP contribution < -0.4 is 0 Å². The molecule has 2 aliphatic carbocycles. The van der Waals surface area contributed by atoms with E-state index in [0.717, 1.165) is 0 Å². The van der Waals surface area contributed by atoms with Crippen molar-refractivity contribution in [2.24, 2.45) is 28.1 Å². The van der Waals surface area contributed by atoms with Gasteiger partial charge in [0.25, 0.3) is 0 Å². The van der Waals surface area contributed by atoms with Crippen molar-refractivity contribution in [3.8, 4) is 0 Å². The van der Waals surface area contributed by atoms with E-state index in [4.69, 9.17) is 18.6 Å². The van der Waals surface area contributed by atoms with Gasteiger partial charge in [0, 0.05) is 46.1 Å². The Kier molecular flexibility index (Phi) is 4.02. The Morgan fingerprint density at radius 2 is 1.79 bits per heavy atom. The van der Waals surface area contributed by atoms with Crippen molar-refractivity contribution in [2.75, 3.05) is 0 Å². The fourth-order valence-corrected chi connectivity index (χ4v) is 8.64. The van der Waals surface area contributed by atoms with Gasteiger partial charge >= 0.3 is 11.9 Å². The van der Waals surface area contributed by atoms with Crippen molar-refractivity contribution in [3.05, 3.63) is 36.3 Å². The fourth-order valence-electron chi connectivity index (χ4n) is 8.64.